The van der Waals surface area contributed by atoms with Crippen molar-refractivity contribution in [3.63, 3.8) is 0 Å². The summed E-state index contributed by atoms with van der Waals surface area (Å²) in [5.41, 5.74) is 5.42. The maximum Gasteiger partial charge on any atom is 0.326 e. The number of carbonyl (C=O) groups is 2. The molecular formula is C14H18N2O5. The minimum absolute atomic E-state index is 0.00949. The van der Waals surface area contributed by atoms with Gasteiger partial charge >= 0.3 is 5.97 Å². The molecule has 1 aromatic carbocycles. The van der Waals surface area contributed by atoms with Crippen molar-refractivity contribution < 1.29 is 24.9 Å². The average molecular weight is 294 g/mol. The van der Waals surface area contributed by atoms with E-state index in [9.17, 15) is 24.9 Å². The van der Waals surface area contributed by atoms with Crippen LogP contribution in [0.3, 0.4) is 0 Å². The largest absolute Gasteiger partial charge is 0.504 e. The summed E-state index contributed by atoms with van der Waals surface area (Å²) in [6.07, 6.45) is 1.35. The molecule has 1 saturated carbocycles. The molecule has 0 saturated heterocycles. The first-order valence-corrected chi connectivity index (χ1v) is 6.63. The fourth-order valence-electron chi connectivity index (χ4n) is 2.12. The minimum Gasteiger partial charge on any atom is -0.504 e. The summed E-state index contributed by atoms with van der Waals surface area (Å²) in [6, 6.07) is 2.93. The molecule has 114 valence electrons. The number of nitrogens with one attached hydrogen (secondary N) is 1. The number of aliphatic carboxylic acids is 1. The fraction of sp³-hybridized carbons (Fsp3) is 0.429. The van der Waals surface area contributed by atoms with Gasteiger partial charge in [-0.05, 0) is 30.5 Å². The van der Waals surface area contributed by atoms with Crippen LogP contribution in [-0.4, -0.2) is 39.8 Å². The Balaban J connectivity index is 2.07. The molecule has 0 spiro atoms. The first-order chi connectivity index (χ1) is 9.88. The number of benzene rings is 1. The van der Waals surface area contributed by atoms with E-state index in [1.165, 1.54) is 18.2 Å². The van der Waals surface area contributed by atoms with E-state index in [1.54, 1.807) is 0 Å². The van der Waals surface area contributed by atoms with Gasteiger partial charge in [0.2, 0.25) is 5.91 Å². The van der Waals surface area contributed by atoms with Crippen LogP contribution in [0, 0.1) is 5.41 Å². The summed E-state index contributed by atoms with van der Waals surface area (Å²) in [7, 11) is 0. The molecule has 1 aromatic rings. The van der Waals surface area contributed by atoms with Gasteiger partial charge in [-0.3, -0.25) is 4.79 Å². The Bertz CT molecular complexity index is 568. The van der Waals surface area contributed by atoms with Crippen LogP contribution in [0.15, 0.2) is 18.2 Å². The number of phenolic OH excluding ortho intramolecular Hbond substituents is 2. The van der Waals surface area contributed by atoms with E-state index in [1.807, 2.05) is 0 Å². The molecule has 0 aromatic heterocycles. The number of nitrogens with two attached hydrogens (primary N) is 1. The highest BCUT2D eigenvalue weighted by Gasteiger charge is 2.49. The van der Waals surface area contributed by atoms with E-state index < -0.39 is 17.4 Å². The van der Waals surface area contributed by atoms with E-state index in [0.717, 1.165) is 0 Å². The third-order valence-electron chi connectivity index (χ3n) is 3.81. The summed E-state index contributed by atoms with van der Waals surface area (Å²) < 4.78 is 0. The number of carbonyl (C=O) groups excluding carboxylic acids is 1. The van der Waals surface area contributed by atoms with Crippen LogP contribution in [-0.2, 0) is 16.0 Å². The number of phenols is 2. The number of hydrogen-bond acceptors (Lipinski definition) is 5. The van der Waals surface area contributed by atoms with Gasteiger partial charge in [-0.25, -0.2) is 4.79 Å². The van der Waals surface area contributed by atoms with Gasteiger partial charge in [-0.2, -0.15) is 0 Å². The normalized spacial score (nSPS) is 17.0. The topological polar surface area (TPSA) is 133 Å². The molecule has 0 unspecified atom stereocenters. The number of hydrogen-bond donors (Lipinski definition) is 5. The predicted octanol–water partition coefficient (Wildman–Crippen LogP) is -0.0514. The lowest BCUT2D eigenvalue weighted by molar-refractivity contribution is -0.142. The zero-order chi connectivity index (χ0) is 15.6. The lowest BCUT2D eigenvalue weighted by atomic mass is 10.0. The van der Waals surface area contributed by atoms with E-state index in [0.29, 0.717) is 18.4 Å². The maximum atomic E-state index is 12.0. The fourth-order valence-corrected chi connectivity index (χ4v) is 2.12. The van der Waals surface area contributed by atoms with Crippen LogP contribution < -0.4 is 11.1 Å². The molecule has 2 rings (SSSR count). The molecule has 1 aliphatic rings. The zero-order valence-corrected chi connectivity index (χ0v) is 11.4. The van der Waals surface area contributed by atoms with Gasteiger partial charge in [-0.1, -0.05) is 6.07 Å². The molecule has 1 amide bonds. The third kappa shape index (κ3) is 3.25. The van der Waals surface area contributed by atoms with Crippen molar-refractivity contribution in [1.29, 1.82) is 0 Å². The second-order valence-electron chi connectivity index (χ2n) is 5.38. The molecule has 1 fully saturated rings. The van der Waals surface area contributed by atoms with Crippen LogP contribution in [0.1, 0.15) is 18.4 Å². The maximum absolute atomic E-state index is 12.0. The summed E-state index contributed by atoms with van der Waals surface area (Å²) in [5, 5.41) is 30.3. The number of rotatable bonds is 6. The van der Waals surface area contributed by atoms with Gasteiger partial charge in [0.05, 0.1) is 5.41 Å². The smallest absolute Gasteiger partial charge is 0.326 e. The van der Waals surface area contributed by atoms with Gasteiger partial charge in [0.25, 0.3) is 0 Å². The quantitative estimate of drug-likeness (QED) is 0.467. The van der Waals surface area contributed by atoms with Crippen molar-refractivity contribution in [1.82, 2.24) is 5.32 Å². The summed E-state index contributed by atoms with van der Waals surface area (Å²) in [6.45, 7) is 0.200. The molecular weight excluding hydrogens is 276 g/mol. The van der Waals surface area contributed by atoms with Crippen LogP contribution in [0.2, 0.25) is 0 Å². The van der Waals surface area contributed by atoms with Crippen molar-refractivity contribution in [2.75, 3.05) is 6.54 Å². The number of carboxylic acid groups (broad SMARTS) is 1. The molecule has 21 heavy (non-hydrogen) atoms. The average Bonchev–Trinajstić information content (AvgIpc) is 3.23. The lowest BCUT2D eigenvalue weighted by Crippen LogP contribution is -2.47. The number of amides is 1. The highest BCUT2D eigenvalue weighted by atomic mass is 16.4. The predicted molar refractivity (Wildman–Crippen MR) is 73.8 cm³/mol. The zero-order valence-electron chi connectivity index (χ0n) is 11.4. The third-order valence-corrected chi connectivity index (χ3v) is 3.81. The van der Waals surface area contributed by atoms with Crippen molar-refractivity contribution in [3.8, 4) is 11.5 Å². The number of aromatic hydroxyl groups is 2. The molecule has 7 nitrogen and oxygen atoms in total. The van der Waals surface area contributed by atoms with Crippen LogP contribution >= 0.6 is 0 Å². The van der Waals surface area contributed by atoms with Gasteiger partial charge in [-0.15, -0.1) is 0 Å². The van der Waals surface area contributed by atoms with Crippen LogP contribution in [0.5, 0.6) is 11.5 Å². The van der Waals surface area contributed by atoms with Gasteiger partial charge < -0.3 is 26.4 Å². The molecule has 1 atom stereocenters. The molecule has 0 bridgehead atoms. The summed E-state index contributed by atoms with van der Waals surface area (Å²) in [4.78, 5) is 23.3. The van der Waals surface area contributed by atoms with Crippen LogP contribution in [0.4, 0.5) is 0 Å². The molecule has 6 N–H and O–H groups in total. The van der Waals surface area contributed by atoms with Gasteiger partial charge in [0.15, 0.2) is 11.5 Å². The number of carboxylic acids is 1. The second kappa shape index (κ2) is 5.61. The van der Waals surface area contributed by atoms with Crippen molar-refractivity contribution in [2.24, 2.45) is 11.1 Å². The van der Waals surface area contributed by atoms with E-state index in [2.05, 4.69) is 5.32 Å². The Labute approximate surface area is 121 Å². The molecule has 0 heterocycles. The summed E-state index contributed by atoms with van der Waals surface area (Å²) in [5.74, 6) is -2.12. The Morgan fingerprint density at radius 1 is 1.29 bits per heavy atom. The first-order valence-electron chi connectivity index (χ1n) is 6.63. The van der Waals surface area contributed by atoms with Gasteiger partial charge in [0, 0.05) is 13.0 Å². The Hall–Kier alpha value is -2.28. The Kier molecular flexibility index (Phi) is 4.04. The lowest BCUT2D eigenvalue weighted by Gasteiger charge is -2.19. The Morgan fingerprint density at radius 2 is 1.95 bits per heavy atom. The highest BCUT2D eigenvalue weighted by Crippen LogP contribution is 2.44. The van der Waals surface area contributed by atoms with E-state index in [-0.39, 0.29) is 30.4 Å². The first kappa shape index (κ1) is 15.1. The molecule has 0 radical (unpaired) electrons. The molecule has 7 heteroatoms. The monoisotopic (exact) mass is 294 g/mol. The van der Waals surface area contributed by atoms with Crippen molar-refractivity contribution >= 4 is 11.9 Å². The van der Waals surface area contributed by atoms with Crippen molar-refractivity contribution in [3.05, 3.63) is 23.8 Å². The van der Waals surface area contributed by atoms with Gasteiger partial charge in [0.1, 0.15) is 6.04 Å². The summed E-state index contributed by atoms with van der Waals surface area (Å²) >= 11 is 0. The van der Waals surface area contributed by atoms with E-state index >= 15 is 0 Å². The standard InChI is InChI=1S/C14H18N2O5/c15-7-14(3-4-14)13(21)16-9(12(19)20)5-8-1-2-10(17)11(18)6-8/h1-2,6,9,17-18H,3-5,7,15H2,(H,16,21)(H,19,20)/t9-/m0/s1. The van der Waals surface area contributed by atoms with Crippen LogP contribution in [0.25, 0.3) is 0 Å². The van der Waals surface area contributed by atoms with E-state index in [4.69, 9.17) is 5.73 Å². The SMILES string of the molecule is NCC1(C(=O)N[C@@H](Cc2ccc(O)c(O)c2)C(=O)O)CC1. The molecule has 0 aliphatic heterocycles. The van der Waals surface area contributed by atoms with Crippen molar-refractivity contribution in [2.45, 2.75) is 25.3 Å². The highest BCUT2D eigenvalue weighted by molar-refractivity contribution is 5.89. The minimum atomic E-state index is -1.16. The molecule has 1 aliphatic carbocycles. The Morgan fingerprint density at radius 3 is 2.43 bits per heavy atom. The second-order valence-corrected chi connectivity index (χ2v) is 5.38.